The molecule has 0 saturated carbocycles. The van der Waals surface area contributed by atoms with Crippen molar-refractivity contribution >= 4 is 17.7 Å². The molecule has 0 N–H and O–H groups in total. The topological polar surface area (TPSA) is 78.9 Å². The SMILES string of the molecule is C.C.CC1OC(=O)C(C)OC1=O.COC(C)C(C)=O. The van der Waals surface area contributed by atoms with Gasteiger partial charge in [-0.1, -0.05) is 14.9 Å². The molecule has 0 aromatic rings. The minimum absolute atomic E-state index is 0. The molecular weight excluding hydrogens is 252 g/mol. The molecule has 19 heavy (non-hydrogen) atoms. The summed E-state index contributed by atoms with van der Waals surface area (Å²) in [6.45, 7) is 6.19. The van der Waals surface area contributed by atoms with Gasteiger partial charge in [-0.05, 0) is 27.7 Å². The molecule has 6 heteroatoms. The molecule has 3 unspecified atom stereocenters. The molecule has 1 rings (SSSR count). The lowest BCUT2D eigenvalue weighted by Gasteiger charge is -2.22. The van der Waals surface area contributed by atoms with Gasteiger partial charge in [-0.25, -0.2) is 9.59 Å². The van der Waals surface area contributed by atoms with E-state index in [4.69, 9.17) is 0 Å². The summed E-state index contributed by atoms with van der Waals surface area (Å²) in [7, 11) is 1.52. The maximum absolute atomic E-state index is 10.7. The number of rotatable bonds is 2. The van der Waals surface area contributed by atoms with Gasteiger partial charge in [0.2, 0.25) is 0 Å². The summed E-state index contributed by atoms with van der Waals surface area (Å²) in [5, 5.41) is 0. The van der Waals surface area contributed by atoms with E-state index < -0.39 is 24.1 Å². The number of carbonyl (C=O) groups excluding carboxylic acids is 3. The number of Topliss-reactive ketones (excluding diaryl/α,β-unsaturated/α-hetero) is 1. The Hall–Kier alpha value is -1.43. The Morgan fingerprint density at radius 3 is 1.58 bits per heavy atom. The van der Waals surface area contributed by atoms with Crippen LogP contribution in [0.2, 0.25) is 0 Å². The third kappa shape index (κ3) is 8.31. The first-order chi connectivity index (χ1) is 7.79. The van der Waals surface area contributed by atoms with Crippen molar-refractivity contribution in [3.8, 4) is 0 Å². The third-order valence-corrected chi connectivity index (χ3v) is 2.18. The molecule has 0 aromatic carbocycles. The standard InChI is InChI=1S/C6H8O4.C5H10O2.2CH4/c1-3-5(7)10-4(2)6(8)9-3;1-4(6)5(2)7-3;;/h3-4H,1-2H3;5H,1-3H3;2*1H4. The number of carbonyl (C=O) groups is 3. The second-order valence-electron chi connectivity index (χ2n) is 3.65. The van der Waals surface area contributed by atoms with Crippen molar-refractivity contribution in [2.45, 2.75) is 60.9 Å². The van der Waals surface area contributed by atoms with Gasteiger partial charge in [0.15, 0.2) is 18.0 Å². The fourth-order valence-electron chi connectivity index (χ4n) is 0.802. The van der Waals surface area contributed by atoms with Crippen LogP contribution in [-0.2, 0) is 28.6 Å². The Morgan fingerprint density at radius 2 is 1.42 bits per heavy atom. The zero-order chi connectivity index (χ0) is 13.6. The number of ketones is 1. The maximum Gasteiger partial charge on any atom is 0.347 e. The summed E-state index contributed by atoms with van der Waals surface area (Å²) in [4.78, 5) is 31.6. The molecule has 0 bridgehead atoms. The van der Waals surface area contributed by atoms with Crippen molar-refractivity contribution in [3.05, 3.63) is 0 Å². The van der Waals surface area contributed by atoms with Gasteiger partial charge >= 0.3 is 11.9 Å². The Kier molecular flexibility index (Phi) is 12.5. The predicted molar refractivity (Wildman–Crippen MR) is 71.7 cm³/mol. The van der Waals surface area contributed by atoms with E-state index in [1.807, 2.05) is 0 Å². The van der Waals surface area contributed by atoms with Crippen LogP contribution in [0.3, 0.4) is 0 Å². The molecule has 3 atom stereocenters. The second kappa shape index (κ2) is 10.5. The molecule has 1 saturated heterocycles. The number of hydrogen-bond donors (Lipinski definition) is 0. The Labute approximate surface area is 115 Å². The first-order valence-electron chi connectivity index (χ1n) is 5.23. The minimum Gasteiger partial charge on any atom is -0.448 e. The average molecular weight is 278 g/mol. The smallest absolute Gasteiger partial charge is 0.347 e. The molecule has 1 aliphatic heterocycles. The van der Waals surface area contributed by atoms with Gasteiger partial charge in [0, 0.05) is 7.11 Å². The van der Waals surface area contributed by atoms with Crippen LogP contribution in [0.1, 0.15) is 42.5 Å². The van der Waals surface area contributed by atoms with Crippen LogP contribution in [-0.4, -0.2) is 43.1 Å². The summed E-state index contributed by atoms with van der Waals surface area (Å²) in [5.41, 5.74) is 0. The van der Waals surface area contributed by atoms with Gasteiger partial charge in [-0.2, -0.15) is 0 Å². The molecule has 1 aliphatic rings. The van der Waals surface area contributed by atoms with Crippen molar-refractivity contribution in [2.75, 3.05) is 7.11 Å². The Balaban J connectivity index is -0.000000258. The molecular formula is C13H26O6. The summed E-state index contributed by atoms with van der Waals surface area (Å²) in [5.74, 6) is -0.887. The van der Waals surface area contributed by atoms with E-state index in [1.54, 1.807) is 6.92 Å². The molecule has 0 amide bonds. The van der Waals surface area contributed by atoms with E-state index in [-0.39, 0.29) is 26.7 Å². The second-order valence-corrected chi connectivity index (χ2v) is 3.65. The molecule has 114 valence electrons. The Morgan fingerprint density at radius 1 is 1.11 bits per heavy atom. The van der Waals surface area contributed by atoms with Crippen molar-refractivity contribution in [2.24, 2.45) is 0 Å². The predicted octanol–water partition coefficient (Wildman–Crippen LogP) is 1.75. The van der Waals surface area contributed by atoms with E-state index in [2.05, 4.69) is 14.2 Å². The summed E-state index contributed by atoms with van der Waals surface area (Å²) < 4.78 is 13.9. The van der Waals surface area contributed by atoms with Crippen LogP contribution in [0.4, 0.5) is 0 Å². The maximum atomic E-state index is 10.7. The normalized spacial score (nSPS) is 22.4. The first-order valence-corrected chi connectivity index (χ1v) is 5.23. The minimum atomic E-state index is -0.747. The van der Waals surface area contributed by atoms with Gasteiger partial charge < -0.3 is 14.2 Å². The fraction of sp³-hybridized carbons (Fsp3) is 0.769. The molecule has 1 heterocycles. The van der Waals surface area contributed by atoms with Gasteiger partial charge in [-0.15, -0.1) is 0 Å². The largest absolute Gasteiger partial charge is 0.448 e. The molecule has 0 radical (unpaired) electrons. The first kappa shape index (κ1) is 22.7. The monoisotopic (exact) mass is 278 g/mol. The highest BCUT2D eigenvalue weighted by molar-refractivity contribution is 5.86. The number of hydrogen-bond acceptors (Lipinski definition) is 6. The Bertz CT molecular complexity index is 280. The highest BCUT2D eigenvalue weighted by atomic mass is 16.6. The van der Waals surface area contributed by atoms with Crippen LogP contribution >= 0.6 is 0 Å². The zero-order valence-electron chi connectivity index (χ0n) is 10.7. The summed E-state index contributed by atoms with van der Waals surface area (Å²) in [6, 6.07) is 0. The van der Waals surface area contributed by atoms with E-state index in [9.17, 15) is 14.4 Å². The van der Waals surface area contributed by atoms with Gasteiger partial charge in [0.25, 0.3) is 0 Å². The zero-order valence-corrected chi connectivity index (χ0v) is 10.7. The van der Waals surface area contributed by atoms with Crippen LogP contribution in [0.15, 0.2) is 0 Å². The van der Waals surface area contributed by atoms with Crippen LogP contribution < -0.4 is 0 Å². The highest BCUT2D eigenvalue weighted by Gasteiger charge is 2.32. The van der Waals surface area contributed by atoms with Crippen LogP contribution in [0.25, 0.3) is 0 Å². The number of ether oxygens (including phenoxy) is 3. The van der Waals surface area contributed by atoms with Crippen molar-refractivity contribution in [1.29, 1.82) is 0 Å². The lowest BCUT2D eigenvalue weighted by molar-refractivity contribution is -0.191. The van der Waals surface area contributed by atoms with Crippen molar-refractivity contribution < 1.29 is 28.6 Å². The fourth-order valence-corrected chi connectivity index (χ4v) is 0.802. The quantitative estimate of drug-likeness (QED) is 0.716. The molecule has 0 spiro atoms. The molecule has 0 aliphatic carbocycles. The van der Waals surface area contributed by atoms with E-state index in [0.29, 0.717) is 0 Å². The van der Waals surface area contributed by atoms with E-state index in [0.717, 1.165) is 0 Å². The van der Waals surface area contributed by atoms with Crippen molar-refractivity contribution in [3.63, 3.8) is 0 Å². The van der Waals surface area contributed by atoms with Gasteiger partial charge in [0.1, 0.15) is 6.10 Å². The summed E-state index contributed by atoms with van der Waals surface area (Å²) >= 11 is 0. The summed E-state index contributed by atoms with van der Waals surface area (Å²) in [6.07, 6.45) is -1.73. The van der Waals surface area contributed by atoms with E-state index >= 15 is 0 Å². The lowest BCUT2D eigenvalue weighted by atomic mass is 10.3. The van der Waals surface area contributed by atoms with Gasteiger partial charge in [-0.3, -0.25) is 4.79 Å². The number of methoxy groups -OCH3 is 1. The lowest BCUT2D eigenvalue weighted by Crippen LogP contribution is -2.40. The third-order valence-electron chi connectivity index (χ3n) is 2.18. The molecule has 0 aromatic heterocycles. The number of cyclic esters (lactones) is 2. The van der Waals surface area contributed by atoms with E-state index in [1.165, 1.54) is 27.9 Å². The molecule has 6 nitrogen and oxygen atoms in total. The highest BCUT2D eigenvalue weighted by Crippen LogP contribution is 2.08. The van der Waals surface area contributed by atoms with Crippen LogP contribution in [0.5, 0.6) is 0 Å². The molecule has 1 fully saturated rings. The van der Waals surface area contributed by atoms with Gasteiger partial charge in [0.05, 0.1) is 0 Å². The van der Waals surface area contributed by atoms with Crippen molar-refractivity contribution in [1.82, 2.24) is 0 Å². The number of esters is 2. The average Bonchev–Trinajstić information content (AvgIpc) is 2.26. The van der Waals surface area contributed by atoms with Crippen LogP contribution in [0, 0.1) is 0 Å².